The molecule has 4 aliphatic rings. The van der Waals surface area contributed by atoms with Gasteiger partial charge in [-0.25, -0.2) is 0 Å². The van der Waals surface area contributed by atoms with Gasteiger partial charge in [-0.15, -0.1) is 0 Å². The second-order valence-electron chi connectivity index (χ2n) is 7.57. The van der Waals surface area contributed by atoms with Gasteiger partial charge < -0.3 is 5.11 Å². The Morgan fingerprint density at radius 2 is 1.72 bits per heavy atom. The molecule has 0 aliphatic heterocycles. The molecule has 4 fully saturated rings. The summed E-state index contributed by atoms with van der Waals surface area (Å²) in [6, 6.07) is 8.08. The molecule has 1 N–H and O–H groups in total. The average Bonchev–Trinajstić information content (AvgIpc) is 2.25. The SMILES string of the molecule is CC12C[C@H]3C[C@@H](C1)CC(c1ccccc1O)(C3)C2. The van der Waals surface area contributed by atoms with Crippen molar-refractivity contribution in [2.24, 2.45) is 17.3 Å². The zero-order valence-corrected chi connectivity index (χ0v) is 11.2. The third-order valence-electron chi connectivity index (χ3n) is 5.83. The summed E-state index contributed by atoms with van der Waals surface area (Å²) in [7, 11) is 0. The topological polar surface area (TPSA) is 20.2 Å². The zero-order chi connectivity index (χ0) is 12.4. The molecule has 0 spiro atoms. The van der Waals surface area contributed by atoms with E-state index in [2.05, 4.69) is 19.1 Å². The van der Waals surface area contributed by atoms with Crippen LogP contribution in [0, 0.1) is 17.3 Å². The van der Waals surface area contributed by atoms with Crippen molar-refractivity contribution in [3.05, 3.63) is 29.8 Å². The Morgan fingerprint density at radius 3 is 2.33 bits per heavy atom. The molecule has 1 heteroatoms. The van der Waals surface area contributed by atoms with Gasteiger partial charge in [0, 0.05) is 5.56 Å². The van der Waals surface area contributed by atoms with E-state index < -0.39 is 0 Å². The maximum Gasteiger partial charge on any atom is 0.119 e. The smallest absolute Gasteiger partial charge is 0.119 e. The summed E-state index contributed by atoms with van der Waals surface area (Å²) in [6.07, 6.45) is 8.24. The number of hydrogen-bond donors (Lipinski definition) is 1. The number of aromatic hydroxyl groups is 1. The molecule has 1 aromatic rings. The maximum absolute atomic E-state index is 10.3. The molecule has 18 heavy (non-hydrogen) atoms. The van der Waals surface area contributed by atoms with Crippen molar-refractivity contribution in [3.8, 4) is 5.75 Å². The van der Waals surface area contributed by atoms with E-state index in [4.69, 9.17) is 0 Å². The molecule has 4 aliphatic carbocycles. The van der Waals surface area contributed by atoms with Gasteiger partial charge in [0.1, 0.15) is 5.75 Å². The van der Waals surface area contributed by atoms with E-state index in [-0.39, 0.29) is 0 Å². The molecule has 2 unspecified atom stereocenters. The molecule has 0 aromatic heterocycles. The van der Waals surface area contributed by atoms with Crippen molar-refractivity contribution < 1.29 is 5.11 Å². The standard InChI is InChI=1S/C17H22O/c1-16-7-12-6-13(8-16)10-17(9-12,11-16)14-4-2-3-5-15(14)18/h2-5,12-13,18H,6-11H2,1H3/t12-,13+,16?,17?. The largest absolute Gasteiger partial charge is 0.508 e. The Hall–Kier alpha value is -0.980. The van der Waals surface area contributed by atoms with Crippen LogP contribution in [-0.2, 0) is 5.41 Å². The summed E-state index contributed by atoms with van der Waals surface area (Å²) in [6.45, 7) is 2.49. The van der Waals surface area contributed by atoms with Crippen LogP contribution in [0.4, 0.5) is 0 Å². The van der Waals surface area contributed by atoms with Crippen LogP contribution in [0.15, 0.2) is 24.3 Å². The molecule has 96 valence electrons. The highest BCUT2D eigenvalue weighted by atomic mass is 16.3. The fourth-order valence-electron chi connectivity index (χ4n) is 5.96. The number of benzene rings is 1. The van der Waals surface area contributed by atoms with Crippen molar-refractivity contribution in [1.82, 2.24) is 0 Å². The molecular weight excluding hydrogens is 220 g/mol. The number of phenolic OH excluding ortho intramolecular Hbond substituents is 1. The van der Waals surface area contributed by atoms with E-state index in [1.54, 1.807) is 0 Å². The second-order valence-corrected chi connectivity index (χ2v) is 7.57. The van der Waals surface area contributed by atoms with Crippen molar-refractivity contribution in [3.63, 3.8) is 0 Å². The van der Waals surface area contributed by atoms with E-state index in [9.17, 15) is 5.11 Å². The van der Waals surface area contributed by atoms with Crippen molar-refractivity contribution in [1.29, 1.82) is 0 Å². The second kappa shape index (κ2) is 3.31. The first-order chi connectivity index (χ1) is 8.59. The van der Waals surface area contributed by atoms with Gasteiger partial charge in [0.15, 0.2) is 0 Å². The first-order valence-electron chi connectivity index (χ1n) is 7.37. The van der Waals surface area contributed by atoms with Crippen LogP contribution in [0.2, 0.25) is 0 Å². The van der Waals surface area contributed by atoms with E-state index in [0.717, 1.165) is 11.8 Å². The molecule has 0 amide bonds. The summed E-state index contributed by atoms with van der Waals surface area (Å²) in [4.78, 5) is 0. The minimum Gasteiger partial charge on any atom is -0.508 e. The van der Waals surface area contributed by atoms with E-state index >= 15 is 0 Å². The Balaban J connectivity index is 1.82. The fraction of sp³-hybridized carbons (Fsp3) is 0.647. The molecular formula is C17H22O. The number of phenols is 1. The summed E-state index contributed by atoms with van der Waals surface area (Å²) in [5.41, 5.74) is 2.08. The Morgan fingerprint density at radius 1 is 1.06 bits per heavy atom. The Kier molecular flexibility index (Phi) is 2.01. The van der Waals surface area contributed by atoms with Gasteiger partial charge in [0.05, 0.1) is 0 Å². The molecule has 0 radical (unpaired) electrons. The van der Waals surface area contributed by atoms with E-state index in [1.165, 1.54) is 44.1 Å². The first-order valence-corrected chi connectivity index (χ1v) is 7.37. The monoisotopic (exact) mass is 242 g/mol. The normalized spacial score (nSPS) is 45.4. The predicted molar refractivity (Wildman–Crippen MR) is 72.6 cm³/mol. The minimum atomic E-state index is 0.296. The van der Waals surface area contributed by atoms with Crippen LogP contribution < -0.4 is 0 Å². The van der Waals surface area contributed by atoms with Gasteiger partial charge >= 0.3 is 0 Å². The predicted octanol–water partition coefficient (Wildman–Crippen LogP) is 4.25. The number of rotatable bonds is 1. The molecule has 4 saturated carbocycles. The van der Waals surface area contributed by atoms with Crippen LogP contribution in [-0.4, -0.2) is 5.11 Å². The van der Waals surface area contributed by atoms with Gasteiger partial charge in [-0.3, -0.25) is 0 Å². The lowest BCUT2D eigenvalue weighted by molar-refractivity contribution is -0.0622. The molecule has 4 bridgehead atoms. The van der Waals surface area contributed by atoms with Crippen molar-refractivity contribution >= 4 is 0 Å². The van der Waals surface area contributed by atoms with E-state index in [0.29, 0.717) is 16.6 Å². The van der Waals surface area contributed by atoms with E-state index in [1.807, 2.05) is 12.1 Å². The highest BCUT2D eigenvalue weighted by molar-refractivity contribution is 5.40. The average molecular weight is 242 g/mol. The van der Waals surface area contributed by atoms with Crippen molar-refractivity contribution in [2.75, 3.05) is 0 Å². The molecule has 5 rings (SSSR count). The molecule has 0 saturated heterocycles. The molecule has 0 heterocycles. The van der Waals surface area contributed by atoms with Crippen LogP contribution in [0.25, 0.3) is 0 Å². The lowest BCUT2D eigenvalue weighted by Crippen LogP contribution is -2.52. The minimum absolute atomic E-state index is 0.296. The quantitative estimate of drug-likeness (QED) is 0.780. The van der Waals surface area contributed by atoms with Gasteiger partial charge in [0.25, 0.3) is 0 Å². The lowest BCUT2D eigenvalue weighted by atomic mass is 9.43. The zero-order valence-electron chi connectivity index (χ0n) is 11.2. The number of hydrogen-bond acceptors (Lipinski definition) is 1. The molecule has 4 atom stereocenters. The van der Waals surface area contributed by atoms with Gasteiger partial charge in [-0.05, 0) is 67.3 Å². The third-order valence-corrected chi connectivity index (χ3v) is 5.83. The maximum atomic E-state index is 10.3. The Bertz CT molecular complexity index is 476. The third kappa shape index (κ3) is 1.39. The highest BCUT2D eigenvalue weighted by Gasteiger charge is 2.56. The van der Waals surface area contributed by atoms with Crippen molar-refractivity contribution in [2.45, 2.75) is 50.9 Å². The molecule has 1 aromatic carbocycles. The van der Waals surface area contributed by atoms with Gasteiger partial charge in [-0.1, -0.05) is 25.1 Å². The first kappa shape index (κ1) is 10.9. The van der Waals surface area contributed by atoms with Crippen LogP contribution in [0.3, 0.4) is 0 Å². The summed E-state index contributed by atoms with van der Waals surface area (Å²) in [5.74, 6) is 2.36. The Labute approximate surface area is 109 Å². The summed E-state index contributed by atoms with van der Waals surface area (Å²) >= 11 is 0. The lowest BCUT2D eigenvalue weighted by Gasteiger charge is -2.61. The fourth-order valence-corrected chi connectivity index (χ4v) is 5.96. The van der Waals surface area contributed by atoms with Gasteiger partial charge in [0.2, 0.25) is 0 Å². The van der Waals surface area contributed by atoms with Gasteiger partial charge in [-0.2, -0.15) is 0 Å². The molecule has 1 nitrogen and oxygen atoms in total. The van der Waals surface area contributed by atoms with Crippen LogP contribution in [0.1, 0.15) is 51.0 Å². The van der Waals surface area contributed by atoms with Crippen LogP contribution in [0.5, 0.6) is 5.75 Å². The number of para-hydroxylation sites is 1. The summed E-state index contributed by atoms with van der Waals surface area (Å²) < 4.78 is 0. The highest BCUT2D eigenvalue weighted by Crippen LogP contribution is 2.66. The van der Waals surface area contributed by atoms with Crippen LogP contribution >= 0.6 is 0 Å². The summed E-state index contributed by atoms with van der Waals surface area (Å²) in [5, 5.41) is 10.3.